The molecule has 0 radical (unpaired) electrons. The second-order valence-electron chi connectivity index (χ2n) is 0.724. The Labute approximate surface area is 102 Å². The smallest absolute Gasteiger partial charge is 0.0402 e. The number of allylic oxidation sites excluding steroid dienone is 1. The molecule has 3 heteroatoms. The second-order valence-corrected chi connectivity index (χ2v) is 0.724. The van der Waals surface area contributed by atoms with Gasteiger partial charge in [-0.1, -0.05) is 20.9 Å². The second kappa shape index (κ2) is 126. The summed E-state index contributed by atoms with van der Waals surface area (Å²) < 4.78 is 0. The van der Waals surface area contributed by atoms with E-state index in [9.17, 15) is 0 Å². The summed E-state index contributed by atoms with van der Waals surface area (Å²) in [5, 5.41) is 14.6. The summed E-state index contributed by atoms with van der Waals surface area (Å²) in [4.78, 5) is 0. The maximum atomic E-state index is 7.57. The zero-order valence-corrected chi connectivity index (χ0v) is 6.95. The van der Waals surface area contributed by atoms with Crippen molar-refractivity contribution in [3.8, 4) is 0 Å². The van der Waals surface area contributed by atoms with Crippen molar-refractivity contribution in [2.45, 2.75) is 28.7 Å². The Bertz CT molecular complexity index is 26.1. The SMILES string of the molecule is C.C.C=CC.CCO.CO.[Ar]. The van der Waals surface area contributed by atoms with Gasteiger partial charge in [-0.25, -0.2) is 0 Å². The first-order valence-electron chi connectivity index (χ1n) is 2.46. The minimum Gasteiger partial charge on any atom is -0.400 e. The molecule has 0 aromatic heterocycles. The van der Waals surface area contributed by atoms with Gasteiger partial charge in [0, 0.05) is 51.5 Å². The van der Waals surface area contributed by atoms with E-state index in [1.807, 2.05) is 6.92 Å². The third kappa shape index (κ3) is 1030. The van der Waals surface area contributed by atoms with Crippen LogP contribution in [-0.2, 0) is 0 Å². The van der Waals surface area contributed by atoms with E-state index >= 15 is 0 Å². The molecular formula is C8H24ArO2. The van der Waals surface area contributed by atoms with Gasteiger partial charge < -0.3 is 10.2 Å². The van der Waals surface area contributed by atoms with Crippen LogP contribution in [-0.4, -0.2) is 23.9 Å². The topological polar surface area (TPSA) is 40.5 Å². The van der Waals surface area contributed by atoms with E-state index in [1.54, 1.807) is 13.0 Å². The molecular weight excluding hydrogens is 168 g/mol. The molecule has 0 aliphatic heterocycles. The summed E-state index contributed by atoms with van der Waals surface area (Å²) in [7, 11) is 1.00. The van der Waals surface area contributed by atoms with E-state index in [-0.39, 0.29) is 59.2 Å². The molecule has 0 aliphatic rings. The van der Waals surface area contributed by atoms with Crippen molar-refractivity contribution < 1.29 is 48.0 Å². The van der Waals surface area contributed by atoms with Crippen molar-refractivity contribution in [1.29, 1.82) is 0 Å². The Kier molecular flexibility index (Phi) is 465. The maximum Gasteiger partial charge on any atom is 0.0402 e. The van der Waals surface area contributed by atoms with Crippen LogP contribution in [0, 0.1) is 37.7 Å². The molecule has 2 N–H and O–H groups in total. The Morgan fingerprint density at radius 2 is 1.27 bits per heavy atom. The molecule has 0 aromatic rings. The van der Waals surface area contributed by atoms with Crippen LogP contribution in [0.5, 0.6) is 0 Å². The van der Waals surface area contributed by atoms with Gasteiger partial charge in [-0.2, -0.15) is 0 Å². The van der Waals surface area contributed by atoms with Crippen LogP contribution in [0.3, 0.4) is 0 Å². The first-order chi connectivity index (χ1) is 3.83. The zero-order chi connectivity index (χ0) is 7.41. The summed E-state index contributed by atoms with van der Waals surface area (Å²) in [6, 6.07) is 0. The van der Waals surface area contributed by atoms with Crippen LogP contribution >= 0.6 is 0 Å². The van der Waals surface area contributed by atoms with Crippen molar-refractivity contribution in [3.05, 3.63) is 12.7 Å². The molecule has 0 saturated heterocycles. The molecule has 0 rings (SSSR count). The fourth-order valence-corrected chi connectivity index (χ4v) is 0. The van der Waals surface area contributed by atoms with Crippen molar-refractivity contribution in [2.75, 3.05) is 13.7 Å². The summed E-state index contributed by atoms with van der Waals surface area (Å²) in [5.41, 5.74) is 0. The van der Waals surface area contributed by atoms with Gasteiger partial charge in [0.2, 0.25) is 0 Å². The van der Waals surface area contributed by atoms with E-state index in [4.69, 9.17) is 10.2 Å². The molecule has 0 saturated carbocycles. The average molecular weight is 192 g/mol. The third-order valence-corrected chi connectivity index (χ3v) is 0. The molecule has 0 atom stereocenters. The van der Waals surface area contributed by atoms with Gasteiger partial charge in [0.05, 0.1) is 0 Å². The number of aliphatic hydroxyl groups excluding tert-OH is 2. The van der Waals surface area contributed by atoms with E-state index in [2.05, 4.69) is 6.58 Å². The summed E-state index contributed by atoms with van der Waals surface area (Å²) >= 11 is 0. The Morgan fingerprint density at radius 1 is 1.27 bits per heavy atom. The van der Waals surface area contributed by atoms with Gasteiger partial charge >= 0.3 is 0 Å². The van der Waals surface area contributed by atoms with Crippen LogP contribution in [0.2, 0.25) is 0 Å². The monoisotopic (exact) mass is 192 g/mol. The van der Waals surface area contributed by atoms with E-state index in [0.29, 0.717) is 0 Å². The quantitative estimate of drug-likeness (QED) is 0.577. The van der Waals surface area contributed by atoms with Crippen LogP contribution in [0.1, 0.15) is 28.7 Å². The molecule has 2 nitrogen and oxygen atoms in total. The molecule has 11 heavy (non-hydrogen) atoms. The maximum absolute atomic E-state index is 7.57. The third-order valence-electron chi connectivity index (χ3n) is 0. The van der Waals surface area contributed by atoms with Crippen LogP contribution in [0.4, 0.5) is 0 Å². The van der Waals surface area contributed by atoms with Crippen molar-refractivity contribution >= 4 is 0 Å². The molecule has 0 bridgehead atoms. The number of hydrogen-bond donors (Lipinski definition) is 2. The normalized spacial score (nSPS) is 3.36. The Morgan fingerprint density at radius 3 is 1.27 bits per heavy atom. The van der Waals surface area contributed by atoms with Gasteiger partial charge in [-0.3, -0.25) is 0 Å². The standard InChI is InChI=1S/C3H6.C2H6O.CH4O.2CH4.Ar/c1-3-2;1-2-3;1-2;;;/h3H,1H2,2H3;3H,2H2,1H3;2H,1H3;2*1H4;. The number of rotatable bonds is 0. The first kappa shape index (κ1) is 40.6. The summed E-state index contributed by atoms with van der Waals surface area (Å²) in [5.74, 6) is 0. The number of hydrogen-bond acceptors (Lipinski definition) is 2. The largest absolute Gasteiger partial charge is 0.400 e. The first-order valence-corrected chi connectivity index (χ1v) is 2.46. The molecule has 0 fully saturated rings. The van der Waals surface area contributed by atoms with E-state index in [1.165, 1.54) is 0 Å². The van der Waals surface area contributed by atoms with Crippen LogP contribution in [0.25, 0.3) is 0 Å². The molecule has 0 heterocycles. The average Bonchev–Trinajstić information content (AvgIpc) is 1.75. The molecule has 0 amide bonds. The van der Waals surface area contributed by atoms with Crippen molar-refractivity contribution in [1.82, 2.24) is 0 Å². The van der Waals surface area contributed by atoms with Crippen LogP contribution in [0.15, 0.2) is 12.7 Å². The summed E-state index contributed by atoms with van der Waals surface area (Å²) in [6.45, 7) is 7.18. The molecule has 76 valence electrons. The summed E-state index contributed by atoms with van der Waals surface area (Å²) in [6.07, 6.45) is 1.75. The zero-order valence-electron chi connectivity index (χ0n) is 6.24. The molecule has 0 spiro atoms. The minimum absolute atomic E-state index is 0. The Hall–Kier alpha value is 0.920. The van der Waals surface area contributed by atoms with Crippen molar-refractivity contribution in [2.24, 2.45) is 0 Å². The molecule has 0 aliphatic carbocycles. The van der Waals surface area contributed by atoms with Gasteiger partial charge in [-0.15, -0.1) is 6.58 Å². The predicted octanol–water partition coefficient (Wildman–Crippen LogP) is 2.07. The molecule has 0 aromatic carbocycles. The van der Waals surface area contributed by atoms with Gasteiger partial charge in [0.1, 0.15) is 0 Å². The van der Waals surface area contributed by atoms with Gasteiger partial charge in [0.25, 0.3) is 0 Å². The van der Waals surface area contributed by atoms with Gasteiger partial charge in [-0.05, 0) is 13.8 Å². The number of aliphatic hydroxyl groups is 2. The minimum atomic E-state index is 0. The fraction of sp³-hybridized carbons (Fsp3) is 0.750. The van der Waals surface area contributed by atoms with E-state index in [0.717, 1.165) is 7.11 Å². The predicted molar refractivity (Wildman–Crippen MR) is 50.2 cm³/mol. The van der Waals surface area contributed by atoms with E-state index < -0.39 is 0 Å². The molecule has 0 unspecified atom stereocenters. The van der Waals surface area contributed by atoms with Crippen LogP contribution < -0.4 is 0 Å². The Balaban J connectivity index is -0.00000000764. The fourth-order valence-electron chi connectivity index (χ4n) is 0. The van der Waals surface area contributed by atoms with Crippen molar-refractivity contribution in [3.63, 3.8) is 0 Å². The van der Waals surface area contributed by atoms with Gasteiger partial charge in [0.15, 0.2) is 0 Å².